The van der Waals surface area contributed by atoms with E-state index in [1.165, 1.54) is 0 Å². The van der Waals surface area contributed by atoms with Crippen molar-refractivity contribution in [3.8, 4) is 0 Å². The predicted molar refractivity (Wildman–Crippen MR) is 60.3 cm³/mol. The van der Waals surface area contributed by atoms with Gasteiger partial charge in [-0.1, -0.05) is 6.92 Å². The van der Waals surface area contributed by atoms with Crippen LogP contribution in [-0.4, -0.2) is 27.0 Å². The van der Waals surface area contributed by atoms with Gasteiger partial charge in [-0.3, -0.25) is 0 Å². The number of aryl methyl sites for hydroxylation is 1. The summed E-state index contributed by atoms with van der Waals surface area (Å²) < 4.78 is 2.15. The third-order valence-electron chi connectivity index (χ3n) is 2.09. The van der Waals surface area contributed by atoms with Gasteiger partial charge in [-0.25, -0.2) is 4.98 Å². The number of hydrogen-bond acceptors (Lipinski definition) is 3. The molecule has 1 aromatic heterocycles. The SMILES string of the molecule is CCn1ccnc1CSCC(C)CO. The number of aromatic nitrogens is 2. The van der Waals surface area contributed by atoms with Gasteiger partial charge in [0, 0.05) is 25.5 Å². The lowest BCUT2D eigenvalue weighted by Crippen LogP contribution is -2.05. The van der Waals surface area contributed by atoms with Crippen molar-refractivity contribution in [2.75, 3.05) is 12.4 Å². The first-order valence-corrected chi connectivity index (χ1v) is 6.12. The zero-order valence-electron chi connectivity index (χ0n) is 8.81. The third-order valence-corrected chi connectivity index (χ3v) is 3.35. The van der Waals surface area contributed by atoms with Crippen LogP contribution in [0.25, 0.3) is 0 Å². The van der Waals surface area contributed by atoms with Crippen LogP contribution in [0.5, 0.6) is 0 Å². The summed E-state index contributed by atoms with van der Waals surface area (Å²) in [4.78, 5) is 4.29. The molecule has 0 aliphatic heterocycles. The van der Waals surface area contributed by atoms with Crippen molar-refractivity contribution in [2.24, 2.45) is 5.92 Å². The number of imidazole rings is 1. The zero-order chi connectivity index (χ0) is 10.4. The normalized spacial score (nSPS) is 13.1. The number of nitrogens with zero attached hydrogens (tertiary/aromatic N) is 2. The summed E-state index contributed by atoms with van der Waals surface area (Å²) in [7, 11) is 0. The molecule has 1 atom stereocenters. The molecular formula is C10H18N2OS. The van der Waals surface area contributed by atoms with E-state index in [2.05, 4.69) is 23.4 Å². The molecule has 0 saturated heterocycles. The quantitative estimate of drug-likeness (QED) is 0.784. The summed E-state index contributed by atoms with van der Waals surface area (Å²) in [6.45, 7) is 5.42. The summed E-state index contributed by atoms with van der Waals surface area (Å²) in [5.41, 5.74) is 0. The minimum atomic E-state index is 0.273. The average Bonchev–Trinajstić information content (AvgIpc) is 2.65. The minimum absolute atomic E-state index is 0.273. The van der Waals surface area contributed by atoms with E-state index in [1.807, 2.05) is 24.2 Å². The summed E-state index contributed by atoms with van der Waals surface area (Å²) in [6, 6.07) is 0. The predicted octanol–water partition coefficient (Wildman–Crippen LogP) is 1.76. The highest BCUT2D eigenvalue weighted by Gasteiger charge is 2.03. The molecule has 0 aliphatic rings. The average molecular weight is 214 g/mol. The zero-order valence-corrected chi connectivity index (χ0v) is 9.63. The molecule has 1 aromatic rings. The van der Waals surface area contributed by atoms with Crippen LogP contribution in [-0.2, 0) is 12.3 Å². The Morgan fingerprint density at radius 1 is 1.64 bits per heavy atom. The van der Waals surface area contributed by atoms with E-state index in [0.717, 1.165) is 23.9 Å². The van der Waals surface area contributed by atoms with Crippen molar-refractivity contribution in [1.82, 2.24) is 9.55 Å². The van der Waals surface area contributed by atoms with Crippen molar-refractivity contribution in [1.29, 1.82) is 0 Å². The summed E-state index contributed by atoms with van der Waals surface area (Å²) in [6.07, 6.45) is 3.85. The molecule has 0 saturated carbocycles. The monoisotopic (exact) mass is 214 g/mol. The molecule has 14 heavy (non-hydrogen) atoms. The lowest BCUT2D eigenvalue weighted by atomic mass is 10.2. The Balaban J connectivity index is 2.31. The highest BCUT2D eigenvalue weighted by Crippen LogP contribution is 2.14. The highest BCUT2D eigenvalue weighted by atomic mass is 32.2. The van der Waals surface area contributed by atoms with E-state index in [-0.39, 0.29) is 6.61 Å². The Hall–Kier alpha value is -0.480. The molecule has 0 amide bonds. The maximum atomic E-state index is 8.86. The third kappa shape index (κ3) is 3.35. The highest BCUT2D eigenvalue weighted by molar-refractivity contribution is 7.98. The largest absolute Gasteiger partial charge is 0.396 e. The van der Waals surface area contributed by atoms with E-state index in [4.69, 9.17) is 5.11 Å². The maximum absolute atomic E-state index is 8.86. The van der Waals surface area contributed by atoms with Gasteiger partial charge in [0.2, 0.25) is 0 Å². The molecule has 0 radical (unpaired) electrons. The van der Waals surface area contributed by atoms with Crippen LogP contribution in [0.3, 0.4) is 0 Å². The Morgan fingerprint density at radius 3 is 3.07 bits per heavy atom. The van der Waals surface area contributed by atoms with Gasteiger partial charge in [-0.05, 0) is 18.6 Å². The van der Waals surface area contributed by atoms with Crippen LogP contribution in [0.15, 0.2) is 12.4 Å². The molecule has 3 nitrogen and oxygen atoms in total. The number of hydrogen-bond donors (Lipinski definition) is 1. The van der Waals surface area contributed by atoms with Crippen molar-refractivity contribution in [2.45, 2.75) is 26.1 Å². The van der Waals surface area contributed by atoms with Crippen molar-refractivity contribution in [3.63, 3.8) is 0 Å². The first-order chi connectivity index (χ1) is 6.77. The molecule has 0 fully saturated rings. The first-order valence-electron chi connectivity index (χ1n) is 4.96. The molecule has 1 unspecified atom stereocenters. The van der Waals surface area contributed by atoms with Crippen LogP contribution in [0.2, 0.25) is 0 Å². The fourth-order valence-electron chi connectivity index (χ4n) is 1.17. The molecule has 0 aromatic carbocycles. The molecule has 0 spiro atoms. The second-order valence-electron chi connectivity index (χ2n) is 3.43. The van der Waals surface area contributed by atoms with Crippen LogP contribution in [0.4, 0.5) is 0 Å². The van der Waals surface area contributed by atoms with Crippen molar-refractivity contribution < 1.29 is 5.11 Å². The molecule has 0 aliphatic carbocycles. The number of aliphatic hydroxyl groups excluding tert-OH is 1. The Bertz CT molecular complexity index is 262. The van der Waals surface area contributed by atoms with Gasteiger partial charge in [-0.2, -0.15) is 11.8 Å². The lowest BCUT2D eigenvalue weighted by Gasteiger charge is -2.07. The molecular weight excluding hydrogens is 196 g/mol. The molecule has 1 N–H and O–H groups in total. The molecule has 80 valence electrons. The van der Waals surface area contributed by atoms with Gasteiger partial charge < -0.3 is 9.67 Å². The van der Waals surface area contributed by atoms with Gasteiger partial charge in [0.25, 0.3) is 0 Å². The van der Waals surface area contributed by atoms with E-state index in [9.17, 15) is 0 Å². The summed E-state index contributed by atoms with van der Waals surface area (Å²) in [5.74, 6) is 3.44. The standard InChI is InChI=1S/C10H18N2OS/c1-3-12-5-4-11-10(12)8-14-7-9(2)6-13/h4-5,9,13H,3,6-8H2,1-2H3. The Morgan fingerprint density at radius 2 is 2.43 bits per heavy atom. The van der Waals surface area contributed by atoms with Crippen LogP contribution < -0.4 is 0 Å². The molecule has 1 rings (SSSR count). The second-order valence-corrected chi connectivity index (χ2v) is 4.46. The molecule has 4 heteroatoms. The fraction of sp³-hybridized carbons (Fsp3) is 0.700. The van der Waals surface area contributed by atoms with E-state index in [1.54, 1.807) is 0 Å². The van der Waals surface area contributed by atoms with Crippen LogP contribution >= 0.6 is 11.8 Å². The van der Waals surface area contributed by atoms with Gasteiger partial charge in [-0.15, -0.1) is 0 Å². The minimum Gasteiger partial charge on any atom is -0.396 e. The van der Waals surface area contributed by atoms with Crippen LogP contribution in [0.1, 0.15) is 19.7 Å². The first kappa shape index (κ1) is 11.6. The van der Waals surface area contributed by atoms with Crippen molar-refractivity contribution in [3.05, 3.63) is 18.2 Å². The topological polar surface area (TPSA) is 38.0 Å². The Kier molecular flexibility index (Phi) is 5.04. The van der Waals surface area contributed by atoms with E-state index >= 15 is 0 Å². The summed E-state index contributed by atoms with van der Waals surface area (Å²) in [5, 5.41) is 8.86. The van der Waals surface area contributed by atoms with E-state index < -0.39 is 0 Å². The second kappa shape index (κ2) is 6.09. The van der Waals surface area contributed by atoms with Gasteiger partial charge in [0.1, 0.15) is 5.82 Å². The molecule has 0 bridgehead atoms. The maximum Gasteiger partial charge on any atom is 0.118 e. The number of rotatable bonds is 6. The van der Waals surface area contributed by atoms with Gasteiger partial charge in [0.15, 0.2) is 0 Å². The van der Waals surface area contributed by atoms with Crippen LogP contribution in [0, 0.1) is 5.92 Å². The van der Waals surface area contributed by atoms with Crippen molar-refractivity contribution >= 4 is 11.8 Å². The Labute approximate surface area is 89.5 Å². The smallest absolute Gasteiger partial charge is 0.118 e. The number of aliphatic hydroxyl groups is 1. The van der Waals surface area contributed by atoms with Gasteiger partial charge >= 0.3 is 0 Å². The number of thioether (sulfide) groups is 1. The molecule has 1 heterocycles. The summed E-state index contributed by atoms with van der Waals surface area (Å²) >= 11 is 1.83. The lowest BCUT2D eigenvalue weighted by molar-refractivity contribution is 0.250. The fourth-order valence-corrected chi connectivity index (χ4v) is 2.22. The van der Waals surface area contributed by atoms with E-state index in [0.29, 0.717) is 5.92 Å². The van der Waals surface area contributed by atoms with Gasteiger partial charge in [0.05, 0.1) is 5.75 Å².